The van der Waals surface area contributed by atoms with Gasteiger partial charge >= 0.3 is 0 Å². The topological polar surface area (TPSA) is 97.6 Å². The summed E-state index contributed by atoms with van der Waals surface area (Å²) in [5.74, 6) is 0. The summed E-state index contributed by atoms with van der Waals surface area (Å²) < 4.78 is 20.5. The van der Waals surface area contributed by atoms with Crippen molar-refractivity contribution in [2.75, 3.05) is 34.0 Å². The summed E-state index contributed by atoms with van der Waals surface area (Å²) in [6.45, 7) is -0.00529. The van der Waals surface area contributed by atoms with Gasteiger partial charge in [0.2, 0.25) is 0 Å². The van der Waals surface area contributed by atoms with Gasteiger partial charge in [-0.2, -0.15) is 0 Å². The number of hydrogen-bond donors (Lipinski definition) is 3. The van der Waals surface area contributed by atoms with E-state index in [2.05, 4.69) is 0 Å². The lowest BCUT2D eigenvalue weighted by Crippen LogP contribution is -2.60. The minimum absolute atomic E-state index is 0.0343. The van der Waals surface area contributed by atoms with Crippen molar-refractivity contribution in [1.82, 2.24) is 0 Å². The molecule has 1 aliphatic heterocycles. The van der Waals surface area contributed by atoms with Crippen LogP contribution in [0.25, 0.3) is 0 Å². The largest absolute Gasteiger partial charge is 0.394 e. The molecule has 0 saturated carbocycles. The lowest BCUT2D eigenvalue weighted by atomic mass is 9.99. The van der Waals surface area contributed by atoms with E-state index in [4.69, 9.17) is 24.1 Å². The number of aliphatic hydroxyl groups is 3. The van der Waals surface area contributed by atoms with Crippen molar-refractivity contribution in [1.29, 1.82) is 0 Å². The molecule has 0 radical (unpaired) electrons. The van der Waals surface area contributed by atoms with Crippen LogP contribution in [0, 0.1) is 0 Å². The molecular weight excluding hydrogens is 232 g/mol. The first kappa shape index (κ1) is 14.8. The molecule has 1 saturated heterocycles. The molecule has 0 aromatic carbocycles. The molecule has 1 aliphatic rings. The number of hydrogen-bond acceptors (Lipinski definition) is 7. The fourth-order valence-corrected chi connectivity index (χ4v) is 1.76. The van der Waals surface area contributed by atoms with E-state index in [-0.39, 0.29) is 19.8 Å². The van der Waals surface area contributed by atoms with Gasteiger partial charge in [-0.05, 0) is 0 Å². The Labute approximate surface area is 99.9 Å². The van der Waals surface area contributed by atoms with Crippen molar-refractivity contribution in [3.05, 3.63) is 0 Å². The van der Waals surface area contributed by atoms with Crippen LogP contribution in [0.4, 0.5) is 0 Å². The van der Waals surface area contributed by atoms with Gasteiger partial charge in [-0.15, -0.1) is 0 Å². The van der Waals surface area contributed by atoms with E-state index in [0.29, 0.717) is 0 Å². The predicted molar refractivity (Wildman–Crippen MR) is 56.4 cm³/mol. The Kier molecular flexibility index (Phi) is 6.28. The maximum Gasteiger partial charge on any atom is 0.186 e. The van der Waals surface area contributed by atoms with Crippen molar-refractivity contribution < 1.29 is 34.3 Å². The van der Waals surface area contributed by atoms with E-state index < -0.39 is 30.7 Å². The van der Waals surface area contributed by atoms with E-state index in [1.54, 1.807) is 0 Å². The summed E-state index contributed by atoms with van der Waals surface area (Å²) in [7, 11) is 2.88. The first-order valence-electron chi connectivity index (χ1n) is 5.41. The van der Waals surface area contributed by atoms with Gasteiger partial charge < -0.3 is 34.3 Å². The summed E-state index contributed by atoms with van der Waals surface area (Å²) in [5, 5.41) is 28.4. The molecular formula is C10H20O7. The molecule has 1 heterocycles. The molecule has 1 fully saturated rings. The Bertz CT molecular complexity index is 211. The maximum atomic E-state index is 9.89. The molecule has 0 aromatic rings. The van der Waals surface area contributed by atoms with E-state index >= 15 is 0 Å². The molecule has 5 unspecified atom stereocenters. The summed E-state index contributed by atoms with van der Waals surface area (Å²) >= 11 is 0. The zero-order valence-electron chi connectivity index (χ0n) is 9.98. The first-order valence-corrected chi connectivity index (χ1v) is 5.41. The molecule has 17 heavy (non-hydrogen) atoms. The lowest BCUT2D eigenvalue weighted by Gasteiger charge is -2.41. The second-order valence-electron chi connectivity index (χ2n) is 3.77. The van der Waals surface area contributed by atoms with Gasteiger partial charge in [-0.3, -0.25) is 0 Å². The van der Waals surface area contributed by atoms with Gasteiger partial charge in [0.05, 0.1) is 19.8 Å². The fourth-order valence-electron chi connectivity index (χ4n) is 1.76. The van der Waals surface area contributed by atoms with E-state index in [0.717, 1.165) is 0 Å². The van der Waals surface area contributed by atoms with Gasteiger partial charge in [0.15, 0.2) is 6.29 Å². The fraction of sp³-hybridized carbons (Fsp3) is 1.00. The Balaban J connectivity index is 2.65. The molecule has 1 rings (SSSR count). The molecule has 0 aromatic heterocycles. The van der Waals surface area contributed by atoms with Crippen molar-refractivity contribution in [3.8, 4) is 0 Å². The third-order valence-electron chi connectivity index (χ3n) is 2.61. The molecule has 0 bridgehead atoms. The van der Waals surface area contributed by atoms with Gasteiger partial charge in [-0.25, -0.2) is 0 Å². The molecule has 102 valence electrons. The van der Waals surface area contributed by atoms with Crippen LogP contribution in [0.5, 0.6) is 0 Å². The van der Waals surface area contributed by atoms with Crippen molar-refractivity contribution in [3.63, 3.8) is 0 Å². The highest BCUT2D eigenvalue weighted by Gasteiger charge is 2.45. The first-order chi connectivity index (χ1) is 8.15. The Morgan fingerprint density at radius 1 is 1.18 bits per heavy atom. The van der Waals surface area contributed by atoms with Crippen molar-refractivity contribution >= 4 is 0 Å². The minimum Gasteiger partial charge on any atom is -0.394 e. The smallest absolute Gasteiger partial charge is 0.186 e. The van der Waals surface area contributed by atoms with E-state index in [9.17, 15) is 10.2 Å². The number of ether oxygens (including phenoxy) is 4. The van der Waals surface area contributed by atoms with Crippen LogP contribution in [0.1, 0.15) is 0 Å². The molecule has 7 nitrogen and oxygen atoms in total. The van der Waals surface area contributed by atoms with Gasteiger partial charge in [0, 0.05) is 14.2 Å². The summed E-state index contributed by atoms with van der Waals surface area (Å²) in [6, 6.07) is 0. The summed E-state index contributed by atoms with van der Waals surface area (Å²) in [5.41, 5.74) is 0. The highest BCUT2D eigenvalue weighted by Crippen LogP contribution is 2.24. The van der Waals surface area contributed by atoms with Crippen LogP contribution in [0.2, 0.25) is 0 Å². The molecule has 0 spiro atoms. The zero-order chi connectivity index (χ0) is 12.8. The Morgan fingerprint density at radius 3 is 2.41 bits per heavy atom. The zero-order valence-corrected chi connectivity index (χ0v) is 9.98. The van der Waals surface area contributed by atoms with Crippen molar-refractivity contribution in [2.45, 2.75) is 30.7 Å². The quantitative estimate of drug-likeness (QED) is 0.508. The molecule has 7 heteroatoms. The predicted octanol–water partition coefficient (Wildman–Crippen LogP) is -1.90. The second kappa shape index (κ2) is 7.22. The van der Waals surface area contributed by atoms with Crippen LogP contribution in [-0.2, 0) is 18.9 Å². The number of rotatable bonds is 6. The van der Waals surface area contributed by atoms with Crippen LogP contribution in [-0.4, -0.2) is 80.1 Å². The third-order valence-corrected chi connectivity index (χ3v) is 2.61. The monoisotopic (exact) mass is 252 g/mol. The molecule has 5 atom stereocenters. The van der Waals surface area contributed by atoms with Gasteiger partial charge in [0.1, 0.15) is 24.4 Å². The second-order valence-corrected chi connectivity index (χ2v) is 3.77. The van der Waals surface area contributed by atoms with E-state index in [1.807, 2.05) is 0 Å². The molecule has 3 N–H and O–H groups in total. The highest BCUT2D eigenvalue weighted by molar-refractivity contribution is 4.90. The highest BCUT2D eigenvalue weighted by atomic mass is 16.7. The lowest BCUT2D eigenvalue weighted by molar-refractivity contribution is -0.305. The van der Waals surface area contributed by atoms with Crippen LogP contribution < -0.4 is 0 Å². The molecule has 0 aliphatic carbocycles. The summed E-state index contributed by atoms with van der Waals surface area (Å²) in [4.78, 5) is 0. The summed E-state index contributed by atoms with van der Waals surface area (Å²) in [6.07, 6.45) is -4.59. The van der Waals surface area contributed by atoms with Crippen molar-refractivity contribution in [2.24, 2.45) is 0 Å². The molecule has 0 amide bonds. The van der Waals surface area contributed by atoms with Gasteiger partial charge in [-0.1, -0.05) is 0 Å². The normalized spacial score (nSPS) is 38.3. The SMILES string of the molecule is COCC1OC(OC)C(OCCO)C(O)C1O. The average Bonchev–Trinajstić information content (AvgIpc) is 2.34. The average molecular weight is 252 g/mol. The maximum absolute atomic E-state index is 9.89. The van der Waals surface area contributed by atoms with Crippen LogP contribution >= 0.6 is 0 Å². The Morgan fingerprint density at radius 2 is 1.88 bits per heavy atom. The van der Waals surface area contributed by atoms with Gasteiger partial charge in [0.25, 0.3) is 0 Å². The Hall–Kier alpha value is -0.280. The van der Waals surface area contributed by atoms with Crippen LogP contribution in [0.15, 0.2) is 0 Å². The standard InChI is InChI=1S/C10H20O7/c1-14-5-6-7(12)8(13)9(16-4-3-11)10(15-2)17-6/h6-13H,3-5H2,1-2H3. The van der Waals surface area contributed by atoms with E-state index in [1.165, 1.54) is 14.2 Å². The van der Waals surface area contributed by atoms with Crippen LogP contribution in [0.3, 0.4) is 0 Å². The third kappa shape index (κ3) is 3.59. The number of methoxy groups -OCH3 is 2. The number of aliphatic hydroxyl groups excluding tert-OH is 3. The minimum atomic E-state index is -1.15.